The lowest BCUT2D eigenvalue weighted by atomic mass is 9.75. The average Bonchev–Trinajstić information content (AvgIpc) is 2.45. The van der Waals surface area contributed by atoms with Crippen LogP contribution in [0.15, 0.2) is 42.5 Å². The normalized spacial score (nSPS) is 11.0. The molecule has 0 radical (unpaired) electrons. The summed E-state index contributed by atoms with van der Waals surface area (Å²) in [5.74, 6) is -2.41. The number of aliphatic carboxylic acids is 2. The van der Waals surface area contributed by atoms with Crippen molar-refractivity contribution in [3.8, 4) is 6.07 Å². The molecule has 0 saturated carbocycles. The lowest BCUT2D eigenvalue weighted by Gasteiger charge is -2.23. The summed E-state index contributed by atoms with van der Waals surface area (Å²) < 4.78 is 0. The summed E-state index contributed by atoms with van der Waals surface area (Å²) in [6.07, 6.45) is -1.09. The van der Waals surface area contributed by atoms with Crippen molar-refractivity contribution in [1.29, 1.82) is 5.26 Å². The number of fused-ring (bicyclic) bond motifs is 1. The molecule has 2 rings (SSSR count). The number of benzene rings is 2. The van der Waals surface area contributed by atoms with Crippen LogP contribution in [-0.4, -0.2) is 22.2 Å². The molecule has 0 aliphatic carbocycles. The minimum atomic E-state index is -1.57. The summed E-state index contributed by atoms with van der Waals surface area (Å²) in [7, 11) is 0. The Kier molecular flexibility index (Phi) is 3.90. The molecule has 0 saturated heterocycles. The van der Waals surface area contributed by atoms with Crippen LogP contribution in [0.5, 0.6) is 0 Å². The average molecular weight is 283 g/mol. The van der Waals surface area contributed by atoms with Crippen LogP contribution in [0.4, 0.5) is 0 Å². The third-order valence-corrected chi connectivity index (χ3v) is 3.42. The molecule has 0 aliphatic heterocycles. The van der Waals surface area contributed by atoms with E-state index in [1.165, 1.54) is 0 Å². The van der Waals surface area contributed by atoms with Crippen LogP contribution < -0.4 is 0 Å². The molecule has 0 bridgehead atoms. The molecule has 2 aromatic rings. The monoisotopic (exact) mass is 283 g/mol. The van der Waals surface area contributed by atoms with Gasteiger partial charge in [-0.3, -0.25) is 9.59 Å². The first-order valence-electron chi connectivity index (χ1n) is 6.31. The molecule has 0 aromatic heterocycles. The number of carbonyl (C=O) groups is 2. The van der Waals surface area contributed by atoms with Crippen LogP contribution in [0.2, 0.25) is 0 Å². The fourth-order valence-corrected chi connectivity index (χ4v) is 2.41. The quantitative estimate of drug-likeness (QED) is 0.878. The number of nitriles is 1. The molecular formula is C16H13NO4. The molecular weight excluding hydrogens is 270 g/mol. The van der Waals surface area contributed by atoms with Crippen LogP contribution >= 0.6 is 0 Å². The smallest absolute Gasteiger partial charge is 0.305 e. The zero-order chi connectivity index (χ0) is 15.5. The standard InChI is InChI=1S/C16H13NO4/c17-10-16(8-14(18)19,9-15(20)21)13-6-5-11-3-1-2-4-12(11)7-13/h1-7H,8-9H2,(H,18,19)(H,20,21). The second-order valence-corrected chi connectivity index (χ2v) is 4.90. The van der Waals surface area contributed by atoms with E-state index >= 15 is 0 Å². The molecule has 21 heavy (non-hydrogen) atoms. The number of rotatable bonds is 5. The molecule has 0 fully saturated rings. The lowest BCUT2D eigenvalue weighted by Crippen LogP contribution is -2.30. The molecule has 2 N–H and O–H groups in total. The molecule has 0 aliphatic rings. The Balaban J connectivity index is 2.59. The second-order valence-electron chi connectivity index (χ2n) is 4.90. The van der Waals surface area contributed by atoms with Gasteiger partial charge in [0.05, 0.1) is 18.9 Å². The van der Waals surface area contributed by atoms with Gasteiger partial charge in [0.1, 0.15) is 5.41 Å². The van der Waals surface area contributed by atoms with Gasteiger partial charge in [-0.15, -0.1) is 0 Å². The first kappa shape index (κ1) is 14.5. The predicted octanol–water partition coefficient (Wildman–Crippen LogP) is 2.55. The van der Waals surface area contributed by atoms with Gasteiger partial charge in [0, 0.05) is 0 Å². The second kappa shape index (κ2) is 5.63. The van der Waals surface area contributed by atoms with Crippen molar-refractivity contribution in [3.63, 3.8) is 0 Å². The third-order valence-electron chi connectivity index (χ3n) is 3.42. The summed E-state index contributed by atoms with van der Waals surface area (Å²) in [5.41, 5.74) is -1.16. The largest absolute Gasteiger partial charge is 0.481 e. The fraction of sp³-hybridized carbons (Fsp3) is 0.188. The van der Waals surface area contributed by atoms with Crippen LogP contribution in [0, 0.1) is 11.3 Å². The topological polar surface area (TPSA) is 98.4 Å². The lowest BCUT2D eigenvalue weighted by molar-refractivity contribution is -0.140. The highest BCUT2D eigenvalue weighted by molar-refractivity contribution is 5.84. The van der Waals surface area contributed by atoms with Crippen molar-refractivity contribution >= 4 is 22.7 Å². The van der Waals surface area contributed by atoms with Crippen molar-refractivity contribution in [2.75, 3.05) is 0 Å². The van der Waals surface area contributed by atoms with Gasteiger partial charge in [-0.25, -0.2) is 0 Å². The molecule has 106 valence electrons. The third kappa shape index (κ3) is 3.00. The maximum Gasteiger partial charge on any atom is 0.305 e. The molecule has 0 amide bonds. The Bertz CT molecular complexity index is 729. The van der Waals surface area contributed by atoms with E-state index in [1.54, 1.807) is 18.2 Å². The van der Waals surface area contributed by atoms with E-state index in [-0.39, 0.29) is 0 Å². The minimum Gasteiger partial charge on any atom is -0.481 e. The Labute approximate surface area is 121 Å². The highest BCUT2D eigenvalue weighted by Crippen LogP contribution is 2.33. The van der Waals surface area contributed by atoms with E-state index in [4.69, 9.17) is 10.2 Å². The predicted molar refractivity (Wildman–Crippen MR) is 75.7 cm³/mol. The van der Waals surface area contributed by atoms with E-state index in [2.05, 4.69) is 0 Å². The van der Waals surface area contributed by atoms with E-state index in [0.29, 0.717) is 5.56 Å². The Morgan fingerprint density at radius 1 is 1.00 bits per heavy atom. The van der Waals surface area contributed by atoms with E-state index in [0.717, 1.165) is 10.8 Å². The molecule has 0 spiro atoms. The zero-order valence-corrected chi connectivity index (χ0v) is 11.1. The SMILES string of the molecule is N#CC(CC(=O)O)(CC(=O)O)c1ccc2ccccc2c1. The molecule has 0 atom stereocenters. The van der Waals surface area contributed by atoms with Crippen LogP contribution in [-0.2, 0) is 15.0 Å². The summed E-state index contributed by atoms with van der Waals surface area (Å²) in [5, 5.41) is 29.3. The Hall–Kier alpha value is -2.87. The molecule has 0 heterocycles. The van der Waals surface area contributed by atoms with Crippen molar-refractivity contribution in [2.45, 2.75) is 18.3 Å². The first-order chi connectivity index (χ1) is 9.97. The van der Waals surface area contributed by atoms with Gasteiger partial charge >= 0.3 is 11.9 Å². The summed E-state index contributed by atoms with van der Waals surface area (Å²) >= 11 is 0. The molecule has 0 unspecified atom stereocenters. The van der Waals surface area contributed by atoms with Crippen LogP contribution in [0.3, 0.4) is 0 Å². The Morgan fingerprint density at radius 3 is 2.10 bits per heavy atom. The maximum absolute atomic E-state index is 11.0. The van der Waals surface area contributed by atoms with Crippen molar-refractivity contribution in [3.05, 3.63) is 48.0 Å². The van der Waals surface area contributed by atoms with Crippen LogP contribution in [0.1, 0.15) is 18.4 Å². The fourth-order valence-electron chi connectivity index (χ4n) is 2.41. The number of carboxylic acids is 2. The number of carboxylic acid groups (broad SMARTS) is 2. The maximum atomic E-state index is 11.0. The van der Waals surface area contributed by atoms with E-state index in [9.17, 15) is 14.9 Å². The van der Waals surface area contributed by atoms with Gasteiger partial charge in [-0.05, 0) is 22.4 Å². The van der Waals surface area contributed by atoms with Gasteiger partial charge in [0.25, 0.3) is 0 Å². The highest BCUT2D eigenvalue weighted by Gasteiger charge is 2.37. The summed E-state index contributed by atoms with van der Waals surface area (Å²) in [4.78, 5) is 22.1. The Morgan fingerprint density at radius 2 is 1.57 bits per heavy atom. The molecule has 5 heteroatoms. The van der Waals surface area contributed by atoms with Crippen molar-refractivity contribution < 1.29 is 19.8 Å². The van der Waals surface area contributed by atoms with Crippen LogP contribution in [0.25, 0.3) is 10.8 Å². The summed E-state index contributed by atoms with van der Waals surface area (Å²) in [6.45, 7) is 0. The summed E-state index contributed by atoms with van der Waals surface area (Å²) in [6, 6.07) is 14.4. The van der Waals surface area contributed by atoms with Gasteiger partial charge in [-0.1, -0.05) is 36.4 Å². The van der Waals surface area contributed by atoms with Gasteiger partial charge in [-0.2, -0.15) is 5.26 Å². The number of hydrogen-bond donors (Lipinski definition) is 2. The zero-order valence-electron chi connectivity index (χ0n) is 11.1. The van der Waals surface area contributed by atoms with Crippen molar-refractivity contribution in [2.24, 2.45) is 0 Å². The molecule has 5 nitrogen and oxygen atoms in total. The van der Waals surface area contributed by atoms with Gasteiger partial charge < -0.3 is 10.2 Å². The number of nitrogens with zero attached hydrogens (tertiary/aromatic N) is 1. The van der Waals surface area contributed by atoms with Crippen molar-refractivity contribution in [1.82, 2.24) is 0 Å². The number of hydrogen-bond acceptors (Lipinski definition) is 3. The van der Waals surface area contributed by atoms with Gasteiger partial charge in [0.2, 0.25) is 0 Å². The minimum absolute atomic E-state index is 0.411. The van der Waals surface area contributed by atoms with E-state index < -0.39 is 30.2 Å². The van der Waals surface area contributed by atoms with Gasteiger partial charge in [0.15, 0.2) is 0 Å². The first-order valence-corrected chi connectivity index (χ1v) is 6.31. The molecule has 2 aromatic carbocycles. The highest BCUT2D eigenvalue weighted by atomic mass is 16.4. The van der Waals surface area contributed by atoms with E-state index in [1.807, 2.05) is 30.3 Å².